The first-order chi connectivity index (χ1) is 18.3. The van der Waals surface area contributed by atoms with Crippen LogP contribution >= 0.6 is 0 Å². The van der Waals surface area contributed by atoms with E-state index in [1.807, 2.05) is 0 Å². The fourth-order valence-electron chi connectivity index (χ4n) is 4.53. The van der Waals surface area contributed by atoms with Crippen LogP contribution in [0.3, 0.4) is 0 Å². The summed E-state index contributed by atoms with van der Waals surface area (Å²) in [6, 6.07) is 4.51. The lowest BCUT2D eigenvalue weighted by atomic mass is 10.0. The lowest BCUT2D eigenvalue weighted by Crippen LogP contribution is -2.44. The van der Waals surface area contributed by atoms with Crippen LogP contribution in [0.15, 0.2) is 63.8 Å². The molecule has 2 heterocycles. The van der Waals surface area contributed by atoms with Crippen molar-refractivity contribution in [3.8, 4) is 5.75 Å². The molecule has 4 rings (SSSR count). The second-order valence-electron chi connectivity index (χ2n) is 9.53. The van der Waals surface area contributed by atoms with Gasteiger partial charge in [0.1, 0.15) is 24.3 Å². The molecule has 1 aromatic rings. The zero-order valence-corrected chi connectivity index (χ0v) is 22.4. The summed E-state index contributed by atoms with van der Waals surface area (Å²) in [5.74, 6) is -0.752. The van der Waals surface area contributed by atoms with Gasteiger partial charge in [0.25, 0.3) is 5.91 Å². The number of ether oxygens (including phenoxy) is 2. The highest BCUT2D eigenvalue weighted by Gasteiger charge is 2.26. The summed E-state index contributed by atoms with van der Waals surface area (Å²) in [6.07, 6.45) is 7.97. The van der Waals surface area contributed by atoms with E-state index in [2.05, 4.69) is 20.5 Å². The molecule has 11 heteroatoms. The van der Waals surface area contributed by atoms with Crippen molar-refractivity contribution < 1.29 is 27.1 Å². The van der Waals surface area contributed by atoms with Crippen LogP contribution in [0.1, 0.15) is 16.8 Å². The van der Waals surface area contributed by atoms with Crippen molar-refractivity contribution in [2.45, 2.75) is 17.4 Å². The number of dihydropyridines is 1. The highest BCUT2D eigenvalue weighted by atomic mass is 32.2. The highest BCUT2D eigenvalue weighted by molar-refractivity contribution is 7.91. The molecule has 2 unspecified atom stereocenters. The van der Waals surface area contributed by atoms with E-state index in [1.165, 1.54) is 31.4 Å². The monoisotopic (exact) mass is 546 g/mol. The molecule has 9 nitrogen and oxygen atoms in total. The van der Waals surface area contributed by atoms with Crippen molar-refractivity contribution in [2.24, 2.45) is 10.9 Å². The first-order valence-electron chi connectivity index (χ1n) is 12.8. The third kappa shape index (κ3) is 7.83. The van der Waals surface area contributed by atoms with Gasteiger partial charge in [0.2, 0.25) is 0 Å². The number of piperazine rings is 1. The van der Waals surface area contributed by atoms with Crippen molar-refractivity contribution in [3.05, 3.63) is 59.5 Å². The van der Waals surface area contributed by atoms with Crippen molar-refractivity contribution in [2.75, 3.05) is 65.3 Å². The number of methoxy groups -OCH3 is 1. The Bertz CT molecular complexity index is 1220. The summed E-state index contributed by atoms with van der Waals surface area (Å²) < 4.78 is 51.4. The number of hydrogen-bond donors (Lipinski definition) is 2. The smallest absolute Gasteiger partial charge is 0.252 e. The molecule has 0 saturated carbocycles. The number of sulfone groups is 1. The Morgan fingerprint density at radius 1 is 1.29 bits per heavy atom. The molecule has 1 amide bonds. The molecular weight excluding hydrogens is 511 g/mol. The van der Waals surface area contributed by atoms with Gasteiger partial charge in [-0.1, -0.05) is 6.08 Å². The minimum absolute atomic E-state index is 0.0226. The van der Waals surface area contributed by atoms with Gasteiger partial charge >= 0.3 is 0 Å². The Morgan fingerprint density at radius 3 is 2.84 bits per heavy atom. The quantitative estimate of drug-likeness (QED) is 0.408. The second kappa shape index (κ2) is 13.3. The number of allylic oxidation sites excluding steroid dienone is 3. The molecule has 2 atom stereocenters. The summed E-state index contributed by atoms with van der Waals surface area (Å²) in [5, 5.41) is 6.12. The Hall–Kier alpha value is -2.86. The maximum atomic E-state index is 13.5. The lowest BCUT2D eigenvalue weighted by molar-refractivity contribution is 0.0945. The molecule has 1 aromatic carbocycles. The van der Waals surface area contributed by atoms with Crippen LogP contribution in [0.4, 0.5) is 4.39 Å². The van der Waals surface area contributed by atoms with Gasteiger partial charge in [-0.05, 0) is 54.3 Å². The van der Waals surface area contributed by atoms with E-state index in [0.29, 0.717) is 24.4 Å². The van der Waals surface area contributed by atoms with Crippen LogP contribution in [-0.2, 0) is 14.6 Å². The normalized spacial score (nSPS) is 22.1. The predicted molar refractivity (Wildman–Crippen MR) is 144 cm³/mol. The fraction of sp³-hybridized carbons (Fsp3) is 0.481. The van der Waals surface area contributed by atoms with Crippen molar-refractivity contribution >= 4 is 22.0 Å². The molecule has 1 saturated heterocycles. The van der Waals surface area contributed by atoms with Gasteiger partial charge in [-0.15, -0.1) is 0 Å². The van der Waals surface area contributed by atoms with Crippen molar-refractivity contribution in [1.29, 1.82) is 0 Å². The number of carbonyl (C=O) groups is 1. The van der Waals surface area contributed by atoms with E-state index < -0.39 is 15.7 Å². The summed E-state index contributed by atoms with van der Waals surface area (Å²) in [6.45, 7) is 5.40. The zero-order chi connectivity index (χ0) is 27.0. The minimum Gasteiger partial charge on any atom is -0.492 e. The van der Waals surface area contributed by atoms with Crippen LogP contribution in [0.2, 0.25) is 0 Å². The van der Waals surface area contributed by atoms with E-state index in [9.17, 15) is 17.6 Å². The first-order valence-corrected chi connectivity index (χ1v) is 14.5. The third-order valence-electron chi connectivity index (χ3n) is 6.68. The van der Waals surface area contributed by atoms with Gasteiger partial charge < -0.3 is 20.1 Å². The molecule has 206 valence electrons. The Morgan fingerprint density at radius 2 is 2.11 bits per heavy atom. The Labute approximate surface area is 223 Å². The Kier molecular flexibility index (Phi) is 9.84. The van der Waals surface area contributed by atoms with Crippen molar-refractivity contribution in [1.82, 2.24) is 15.5 Å². The summed E-state index contributed by atoms with van der Waals surface area (Å²) in [4.78, 5) is 19.7. The van der Waals surface area contributed by atoms with E-state index in [-0.39, 0.29) is 47.2 Å². The number of amides is 1. The predicted octanol–water partition coefficient (Wildman–Crippen LogP) is 1.93. The maximum Gasteiger partial charge on any atom is 0.252 e. The molecule has 2 N–H and O–H groups in total. The average Bonchev–Trinajstić information content (AvgIpc) is 2.93. The Balaban J connectivity index is 1.50. The van der Waals surface area contributed by atoms with E-state index in [4.69, 9.17) is 9.47 Å². The second-order valence-corrected chi connectivity index (χ2v) is 11.5. The summed E-state index contributed by atoms with van der Waals surface area (Å²) in [7, 11) is -2.35. The molecule has 0 radical (unpaired) electrons. The van der Waals surface area contributed by atoms with Gasteiger partial charge in [-0.2, -0.15) is 0 Å². The van der Waals surface area contributed by atoms with Crippen LogP contribution in [0, 0.1) is 5.92 Å². The van der Waals surface area contributed by atoms with Gasteiger partial charge in [0, 0.05) is 52.6 Å². The van der Waals surface area contributed by atoms with Gasteiger partial charge in [0.05, 0.1) is 22.8 Å². The SMILES string of the molecule is COC1C=NCC(CS(=O)(=O)c2ccc(OCCN3CCNCC3)cc2C(=O)NCC2C=CC(F)=CC2)=C1. The number of carbonyl (C=O) groups excluding carboxylic acids is 1. The van der Waals surface area contributed by atoms with Crippen LogP contribution < -0.4 is 15.4 Å². The van der Waals surface area contributed by atoms with E-state index in [0.717, 1.165) is 32.7 Å². The number of aliphatic imine (C=N–C) groups is 1. The largest absolute Gasteiger partial charge is 0.492 e. The maximum absolute atomic E-state index is 13.5. The zero-order valence-electron chi connectivity index (χ0n) is 21.6. The number of nitrogens with zero attached hydrogens (tertiary/aromatic N) is 2. The van der Waals surface area contributed by atoms with Crippen LogP contribution in [0.25, 0.3) is 0 Å². The number of nitrogens with one attached hydrogen (secondary N) is 2. The number of benzene rings is 1. The van der Waals surface area contributed by atoms with Gasteiger partial charge in [0.15, 0.2) is 9.84 Å². The number of halogens is 1. The number of rotatable bonds is 11. The molecule has 0 spiro atoms. The van der Waals surface area contributed by atoms with Gasteiger partial charge in [-0.3, -0.25) is 14.7 Å². The third-order valence-corrected chi connectivity index (χ3v) is 8.46. The molecule has 0 bridgehead atoms. The summed E-state index contributed by atoms with van der Waals surface area (Å²) >= 11 is 0. The summed E-state index contributed by atoms with van der Waals surface area (Å²) in [5.41, 5.74) is 0.623. The average molecular weight is 547 g/mol. The minimum atomic E-state index is -3.87. The lowest BCUT2D eigenvalue weighted by Gasteiger charge is -2.27. The first kappa shape index (κ1) is 28.2. The number of hydrogen-bond acceptors (Lipinski definition) is 8. The molecule has 1 aliphatic carbocycles. The molecule has 0 aromatic heterocycles. The fourth-order valence-corrected chi connectivity index (χ4v) is 6.12. The van der Waals surface area contributed by atoms with Crippen LogP contribution in [0.5, 0.6) is 5.75 Å². The van der Waals surface area contributed by atoms with Crippen molar-refractivity contribution in [3.63, 3.8) is 0 Å². The van der Waals surface area contributed by atoms with E-state index >= 15 is 0 Å². The molecule has 38 heavy (non-hydrogen) atoms. The standard InChI is InChI=1S/C27H35FN4O5S/c1-36-24-14-21(16-30-18-24)19-38(34,35)26-7-6-23(37-13-12-32-10-8-29-9-11-32)15-25(26)27(33)31-17-20-2-4-22(28)5-3-20/h2,4-7,14-15,18,20,24,29H,3,8-13,16-17,19H2,1H3,(H,31,33). The molecule has 3 aliphatic rings. The van der Waals surface area contributed by atoms with Crippen LogP contribution in [-0.4, -0.2) is 96.8 Å². The topological polar surface area (TPSA) is 109 Å². The van der Waals surface area contributed by atoms with E-state index in [1.54, 1.807) is 24.4 Å². The molecule has 2 aliphatic heterocycles. The molecule has 1 fully saturated rings. The highest BCUT2D eigenvalue weighted by Crippen LogP contribution is 2.26. The van der Waals surface area contributed by atoms with Gasteiger partial charge in [-0.25, -0.2) is 12.8 Å². The molecular formula is C27H35FN4O5S.